The van der Waals surface area contributed by atoms with E-state index in [1.807, 2.05) is 36.7 Å². The van der Waals surface area contributed by atoms with Crippen molar-refractivity contribution in [2.75, 3.05) is 19.6 Å². The number of aryl methyl sites for hydroxylation is 1. The highest BCUT2D eigenvalue weighted by Gasteiger charge is 2.22. The van der Waals surface area contributed by atoms with Crippen LogP contribution in [0.1, 0.15) is 31.0 Å². The molecule has 0 aliphatic carbocycles. The van der Waals surface area contributed by atoms with Crippen molar-refractivity contribution >= 4 is 22.8 Å². The number of amides is 1. The van der Waals surface area contributed by atoms with Crippen LogP contribution in [-0.2, 0) is 11.3 Å². The van der Waals surface area contributed by atoms with Crippen LogP contribution in [0.25, 0.3) is 39.1 Å². The smallest absolute Gasteiger partial charge is 0.407 e. The fourth-order valence-electron chi connectivity index (χ4n) is 5.26. The van der Waals surface area contributed by atoms with Crippen LogP contribution in [-0.4, -0.2) is 56.3 Å². The molecule has 1 aliphatic heterocycles. The number of aromatic nitrogens is 4. The second kappa shape index (κ2) is 10.8. The Hall–Kier alpha value is -4.30. The Balaban J connectivity index is 1.26. The highest BCUT2D eigenvalue weighted by Crippen LogP contribution is 2.33. The van der Waals surface area contributed by atoms with E-state index >= 15 is 0 Å². The number of carbonyl (C=O) groups is 1. The molecule has 0 unspecified atom stereocenters. The predicted molar refractivity (Wildman–Crippen MR) is 152 cm³/mol. The van der Waals surface area contributed by atoms with Gasteiger partial charge in [0.25, 0.3) is 0 Å². The van der Waals surface area contributed by atoms with Crippen LogP contribution in [0, 0.1) is 6.92 Å². The van der Waals surface area contributed by atoms with Crippen LogP contribution in [0.2, 0.25) is 0 Å². The lowest BCUT2D eigenvalue weighted by Gasteiger charge is -2.31. The summed E-state index contributed by atoms with van der Waals surface area (Å²) >= 11 is 0. The molecule has 1 N–H and O–H groups in total. The summed E-state index contributed by atoms with van der Waals surface area (Å²) in [6, 6.07) is 23.2. The summed E-state index contributed by atoms with van der Waals surface area (Å²) in [6.45, 7) is 7.12. The molecule has 198 valence electrons. The Labute approximate surface area is 227 Å². The van der Waals surface area contributed by atoms with Crippen molar-refractivity contribution in [2.45, 2.75) is 39.3 Å². The van der Waals surface area contributed by atoms with Crippen molar-refractivity contribution in [3.05, 3.63) is 84.2 Å². The van der Waals surface area contributed by atoms with Crippen molar-refractivity contribution in [1.82, 2.24) is 29.8 Å². The molecule has 0 spiro atoms. The third kappa shape index (κ3) is 5.33. The summed E-state index contributed by atoms with van der Waals surface area (Å²) in [5.41, 5.74) is 7.90. The summed E-state index contributed by atoms with van der Waals surface area (Å²) in [6.07, 6.45) is 3.26. The molecule has 39 heavy (non-hydrogen) atoms. The number of likely N-dealkylation sites (tertiary alicyclic amines) is 1. The first-order chi connectivity index (χ1) is 19.1. The molecule has 0 saturated carbocycles. The molecule has 2 aromatic carbocycles. The minimum Gasteiger partial charge on any atom is -0.446 e. The van der Waals surface area contributed by atoms with Gasteiger partial charge in [0, 0.05) is 55.0 Å². The Kier molecular flexibility index (Phi) is 6.94. The van der Waals surface area contributed by atoms with Crippen LogP contribution in [0.4, 0.5) is 4.79 Å². The molecule has 5 aromatic rings. The van der Waals surface area contributed by atoms with Gasteiger partial charge >= 0.3 is 6.09 Å². The number of hydrogen-bond donors (Lipinski definition) is 1. The molecule has 1 amide bonds. The summed E-state index contributed by atoms with van der Waals surface area (Å²) in [5, 5.41) is 8.30. The lowest BCUT2D eigenvalue weighted by atomic mass is 9.97. The lowest BCUT2D eigenvalue weighted by Crippen LogP contribution is -2.39. The van der Waals surface area contributed by atoms with Crippen molar-refractivity contribution in [2.24, 2.45) is 0 Å². The number of hydrogen-bond acceptors (Lipinski definition) is 6. The van der Waals surface area contributed by atoms with Crippen molar-refractivity contribution in [3.63, 3.8) is 0 Å². The quantitative estimate of drug-likeness (QED) is 0.312. The highest BCUT2D eigenvalue weighted by atomic mass is 16.6. The zero-order chi connectivity index (χ0) is 26.8. The second-order valence-electron chi connectivity index (χ2n) is 10.1. The van der Waals surface area contributed by atoms with E-state index in [4.69, 9.17) is 9.72 Å². The molecule has 0 radical (unpaired) electrons. The van der Waals surface area contributed by atoms with E-state index < -0.39 is 0 Å². The third-order valence-corrected chi connectivity index (χ3v) is 7.23. The van der Waals surface area contributed by atoms with Crippen molar-refractivity contribution in [3.8, 4) is 22.4 Å². The molecule has 0 atom stereocenters. The van der Waals surface area contributed by atoms with Gasteiger partial charge in [-0.25, -0.2) is 14.8 Å². The SMILES string of the molecule is CCNC(=O)OC1CCN(Cc2ccc(-c3nc4c(cnc5cc(C)nn54)cc3-c3ccccc3)cc2)CC1. The molecule has 1 saturated heterocycles. The van der Waals surface area contributed by atoms with E-state index in [2.05, 4.69) is 74.9 Å². The zero-order valence-electron chi connectivity index (χ0n) is 22.3. The Morgan fingerprint density at radius 1 is 1.03 bits per heavy atom. The summed E-state index contributed by atoms with van der Waals surface area (Å²) in [7, 11) is 0. The number of pyridine rings is 1. The largest absolute Gasteiger partial charge is 0.446 e. The van der Waals surface area contributed by atoms with Gasteiger partial charge in [-0.05, 0) is 43.9 Å². The first kappa shape index (κ1) is 25.0. The third-order valence-electron chi connectivity index (χ3n) is 7.23. The standard InChI is InChI=1S/C31H32N6O2/c1-3-32-31(38)39-26-13-15-36(16-14-26)20-22-9-11-24(12-10-22)29-27(23-7-5-4-6-8-23)18-25-19-33-28-17-21(2)35-37(28)30(25)34-29/h4-12,17-19,26H,3,13-16,20H2,1-2H3,(H,32,38). The van der Waals surface area contributed by atoms with E-state index in [-0.39, 0.29) is 12.2 Å². The van der Waals surface area contributed by atoms with Gasteiger partial charge in [-0.2, -0.15) is 9.61 Å². The molecule has 3 aromatic heterocycles. The molecule has 1 fully saturated rings. The number of nitrogens with one attached hydrogen (secondary N) is 1. The zero-order valence-corrected chi connectivity index (χ0v) is 22.3. The van der Waals surface area contributed by atoms with Crippen LogP contribution in [0.5, 0.6) is 0 Å². The van der Waals surface area contributed by atoms with Gasteiger partial charge in [0.15, 0.2) is 11.3 Å². The van der Waals surface area contributed by atoms with Gasteiger partial charge in [0.1, 0.15) is 6.10 Å². The Morgan fingerprint density at radius 3 is 2.54 bits per heavy atom. The van der Waals surface area contributed by atoms with E-state index in [1.165, 1.54) is 5.56 Å². The van der Waals surface area contributed by atoms with Crippen LogP contribution < -0.4 is 5.32 Å². The fourth-order valence-corrected chi connectivity index (χ4v) is 5.26. The van der Waals surface area contributed by atoms with Crippen LogP contribution >= 0.6 is 0 Å². The predicted octanol–water partition coefficient (Wildman–Crippen LogP) is 5.63. The number of nitrogens with zero attached hydrogens (tertiary/aromatic N) is 5. The maximum absolute atomic E-state index is 11.7. The average Bonchev–Trinajstić information content (AvgIpc) is 3.35. The molecule has 0 bridgehead atoms. The lowest BCUT2D eigenvalue weighted by molar-refractivity contribution is 0.0490. The molecular formula is C31H32N6O2. The van der Waals surface area contributed by atoms with Gasteiger partial charge in [-0.15, -0.1) is 0 Å². The summed E-state index contributed by atoms with van der Waals surface area (Å²) in [4.78, 5) is 23.9. The van der Waals surface area contributed by atoms with Crippen LogP contribution in [0.15, 0.2) is 72.9 Å². The minimum absolute atomic E-state index is 0.00852. The first-order valence-electron chi connectivity index (χ1n) is 13.5. The molecule has 8 nitrogen and oxygen atoms in total. The summed E-state index contributed by atoms with van der Waals surface area (Å²) in [5.74, 6) is 0. The van der Waals surface area contributed by atoms with E-state index in [0.717, 1.165) is 77.2 Å². The Bertz CT molecular complexity index is 1610. The average molecular weight is 521 g/mol. The number of ether oxygens (including phenoxy) is 1. The van der Waals surface area contributed by atoms with E-state index in [1.54, 1.807) is 0 Å². The van der Waals surface area contributed by atoms with E-state index in [9.17, 15) is 4.79 Å². The van der Waals surface area contributed by atoms with Gasteiger partial charge < -0.3 is 10.1 Å². The molecule has 6 rings (SSSR count). The van der Waals surface area contributed by atoms with Crippen molar-refractivity contribution < 1.29 is 9.53 Å². The highest BCUT2D eigenvalue weighted by molar-refractivity contribution is 5.90. The number of rotatable bonds is 6. The second-order valence-corrected chi connectivity index (χ2v) is 10.1. The molecule has 4 heterocycles. The number of fused-ring (bicyclic) bond motifs is 3. The summed E-state index contributed by atoms with van der Waals surface area (Å²) < 4.78 is 7.34. The molecule has 1 aliphatic rings. The normalized spacial score (nSPS) is 14.6. The van der Waals surface area contributed by atoms with Gasteiger partial charge in [-0.3, -0.25) is 4.90 Å². The van der Waals surface area contributed by atoms with Crippen LogP contribution in [0.3, 0.4) is 0 Å². The van der Waals surface area contributed by atoms with Gasteiger partial charge in [-0.1, -0.05) is 54.6 Å². The Morgan fingerprint density at radius 2 is 1.79 bits per heavy atom. The number of alkyl carbamates (subject to hydrolysis) is 1. The molecule has 8 heteroatoms. The topological polar surface area (TPSA) is 84.6 Å². The van der Waals surface area contributed by atoms with Crippen molar-refractivity contribution in [1.29, 1.82) is 0 Å². The minimum atomic E-state index is -0.316. The first-order valence-corrected chi connectivity index (χ1v) is 13.5. The van der Waals surface area contributed by atoms with Gasteiger partial charge in [0.05, 0.1) is 11.4 Å². The fraction of sp³-hybridized carbons (Fsp3) is 0.290. The number of piperidine rings is 1. The molecular weight excluding hydrogens is 488 g/mol. The monoisotopic (exact) mass is 520 g/mol. The number of carbonyl (C=O) groups excluding carboxylic acids is 1. The number of benzene rings is 2. The van der Waals surface area contributed by atoms with Gasteiger partial charge in [0.2, 0.25) is 0 Å². The maximum atomic E-state index is 11.7. The van der Waals surface area contributed by atoms with E-state index in [0.29, 0.717) is 6.54 Å². The maximum Gasteiger partial charge on any atom is 0.407 e.